The number of alkyl halides is 3. The summed E-state index contributed by atoms with van der Waals surface area (Å²) in [7, 11) is 0. The summed E-state index contributed by atoms with van der Waals surface area (Å²) in [5.74, 6) is -1.12. The zero-order chi connectivity index (χ0) is 42.9. The Morgan fingerprint density at radius 2 is 1.78 bits per heavy atom. The summed E-state index contributed by atoms with van der Waals surface area (Å²) in [4.78, 5) is 55.8. The normalized spacial score (nSPS) is 20.1. The van der Waals surface area contributed by atoms with Gasteiger partial charge in [0.15, 0.2) is 5.11 Å². The van der Waals surface area contributed by atoms with Gasteiger partial charge in [-0.15, -0.1) is 0 Å². The number of nitrogens with one attached hydrogen (secondary N) is 3. The van der Waals surface area contributed by atoms with Crippen molar-refractivity contribution in [2.45, 2.75) is 95.4 Å². The predicted octanol–water partition coefficient (Wildman–Crippen LogP) is 7.06. The van der Waals surface area contributed by atoms with E-state index < -0.39 is 52.6 Å². The van der Waals surface area contributed by atoms with Gasteiger partial charge >= 0.3 is 6.18 Å². The van der Waals surface area contributed by atoms with Crippen LogP contribution >= 0.6 is 12.2 Å². The molecule has 316 valence electrons. The third kappa shape index (κ3) is 8.40. The molecule has 60 heavy (non-hydrogen) atoms. The fourth-order valence-electron chi connectivity index (χ4n) is 8.44. The Morgan fingerprint density at radius 1 is 1.05 bits per heavy atom. The van der Waals surface area contributed by atoms with Crippen LogP contribution in [0.2, 0.25) is 0 Å². The van der Waals surface area contributed by atoms with Gasteiger partial charge in [0.2, 0.25) is 17.7 Å². The molecule has 3 N–H and O–H groups in total. The van der Waals surface area contributed by atoms with Crippen LogP contribution in [0.1, 0.15) is 81.9 Å². The Hall–Kier alpha value is -5.60. The van der Waals surface area contributed by atoms with Crippen molar-refractivity contribution in [3.8, 4) is 11.8 Å². The number of thiocarbonyl (C=S) groups is 1. The largest absolute Gasteiger partial charge is 0.493 e. The van der Waals surface area contributed by atoms with Gasteiger partial charge in [0.05, 0.1) is 41.2 Å². The van der Waals surface area contributed by atoms with E-state index in [-0.39, 0.29) is 34.7 Å². The first-order valence-electron chi connectivity index (χ1n) is 20.1. The first-order chi connectivity index (χ1) is 28.6. The summed E-state index contributed by atoms with van der Waals surface area (Å²) in [6.07, 6.45) is 0.517. The van der Waals surface area contributed by atoms with E-state index in [1.54, 1.807) is 17.9 Å². The van der Waals surface area contributed by atoms with Crippen LogP contribution in [0.25, 0.3) is 0 Å². The van der Waals surface area contributed by atoms with Crippen molar-refractivity contribution in [1.82, 2.24) is 10.2 Å². The van der Waals surface area contributed by atoms with Gasteiger partial charge in [-0.25, -0.2) is 4.39 Å². The van der Waals surface area contributed by atoms with Crippen molar-refractivity contribution in [2.24, 2.45) is 5.92 Å². The van der Waals surface area contributed by atoms with Gasteiger partial charge < -0.3 is 20.3 Å². The summed E-state index contributed by atoms with van der Waals surface area (Å²) in [5, 5.41) is 17.3. The second kappa shape index (κ2) is 17.2. The smallest absolute Gasteiger partial charge is 0.417 e. The van der Waals surface area contributed by atoms with Crippen molar-refractivity contribution < 1.29 is 41.5 Å². The highest BCUT2D eigenvalue weighted by molar-refractivity contribution is 7.81. The molecule has 4 fully saturated rings. The van der Waals surface area contributed by atoms with Gasteiger partial charge in [-0.3, -0.25) is 34.3 Å². The summed E-state index contributed by atoms with van der Waals surface area (Å²) in [6, 6.07) is 13.3. The summed E-state index contributed by atoms with van der Waals surface area (Å²) >= 11 is 5.80. The lowest BCUT2D eigenvalue weighted by atomic mass is 9.75. The average molecular weight is 848 g/mol. The minimum Gasteiger partial charge on any atom is -0.493 e. The molecule has 2 atom stereocenters. The number of aryl methyl sites for hydroxylation is 1. The molecule has 17 heteroatoms. The zero-order valence-corrected chi connectivity index (χ0v) is 34.0. The van der Waals surface area contributed by atoms with E-state index in [1.807, 2.05) is 25.1 Å². The number of anilines is 4. The molecule has 12 nitrogen and oxygen atoms in total. The van der Waals surface area contributed by atoms with Crippen LogP contribution in [-0.4, -0.2) is 71.0 Å². The topological polar surface area (TPSA) is 147 Å². The molecule has 1 saturated carbocycles. The molecule has 3 aromatic rings. The maximum Gasteiger partial charge on any atom is 0.417 e. The monoisotopic (exact) mass is 847 g/mol. The van der Waals surface area contributed by atoms with Crippen molar-refractivity contribution in [3.63, 3.8) is 0 Å². The average Bonchev–Trinajstić information content (AvgIpc) is 3.45. The van der Waals surface area contributed by atoms with E-state index >= 15 is 0 Å². The summed E-state index contributed by atoms with van der Waals surface area (Å²) < 4.78 is 62.6. The van der Waals surface area contributed by atoms with Crippen LogP contribution in [0.5, 0.6) is 5.75 Å². The molecule has 4 aliphatic rings. The van der Waals surface area contributed by atoms with E-state index in [0.717, 1.165) is 48.3 Å². The molecule has 4 amide bonds. The fraction of sp³-hybridized carbons (Fsp3) is 0.442. The number of hydrogen-bond acceptors (Lipinski definition) is 9. The number of benzene rings is 3. The van der Waals surface area contributed by atoms with Crippen LogP contribution in [-0.2, 0) is 31.8 Å². The third-order valence-electron chi connectivity index (χ3n) is 12.1. The van der Waals surface area contributed by atoms with Crippen LogP contribution in [0.4, 0.5) is 40.3 Å². The zero-order valence-electron chi connectivity index (χ0n) is 33.2. The quantitative estimate of drug-likeness (QED) is 0.0984. The first kappa shape index (κ1) is 42.5. The highest BCUT2D eigenvalue weighted by Crippen LogP contribution is 2.49. The molecular weight excluding hydrogens is 803 g/mol. The number of halogens is 4. The van der Waals surface area contributed by atoms with E-state index in [2.05, 4.69) is 20.9 Å². The number of hydrogen-bond donors (Lipinski definition) is 3. The van der Waals surface area contributed by atoms with Crippen molar-refractivity contribution >= 4 is 63.7 Å². The molecule has 0 bridgehead atoms. The van der Waals surface area contributed by atoms with Gasteiger partial charge in [0, 0.05) is 17.8 Å². The predicted molar refractivity (Wildman–Crippen MR) is 220 cm³/mol. The molecule has 3 heterocycles. The van der Waals surface area contributed by atoms with Gasteiger partial charge in [-0.1, -0.05) is 6.92 Å². The Kier molecular flexibility index (Phi) is 12.2. The Bertz CT molecular complexity index is 2250. The summed E-state index contributed by atoms with van der Waals surface area (Å²) in [5.41, 5.74) is -0.754. The van der Waals surface area contributed by atoms with Gasteiger partial charge in [-0.2, -0.15) is 18.4 Å². The van der Waals surface area contributed by atoms with Crippen LogP contribution < -0.4 is 30.5 Å². The van der Waals surface area contributed by atoms with Gasteiger partial charge in [0.1, 0.15) is 23.1 Å². The molecular formula is C43H45F4N7O5S. The van der Waals surface area contributed by atoms with Crippen molar-refractivity contribution in [1.29, 1.82) is 5.26 Å². The first-order valence-corrected chi connectivity index (χ1v) is 20.5. The van der Waals surface area contributed by atoms with E-state index in [9.17, 15) is 42.0 Å². The third-order valence-corrected chi connectivity index (χ3v) is 12.5. The number of carbonyl (C=O) groups is 4. The number of piperidine rings is 2. The Balaban J connectivity index is 0.930. The second-order valence-corrected chi connectivity index (χ2v) is 16.1. The van der Waals surface area contributed by atoms with E-state index in [0.29, 0.717) is 68.4 Å². The fourth-order valence-corrected chi connectivity index (χ4v) is 8.91. The van der Waals surface area contributed by atoms with Gasteiger partial charge in [0.25, 0.3) is 5.91 Å². The SMILES string of the molecule is CCc1cc(N2C(=S)N(c3ccc(C#N)c(C(F)(F)F)c3)C(=O)C23CCC3)ccc1OCCC1CCN([C@H](C)C(=O)Nc2cc(NC3CCC(=O)NC3=O)ccc2F)CC1. The highest BCUT2D eigenvalue weighted by Gasteiger charge is 2.59. The number of likely N-dealkylation sites (tertiary alicyclic amines) is 1. The number of amides is 4. The molecule has 1 aliphatic carbocycles. The van der Waals surface area contributed by atoms with Gasteiger partial charge in [-0.05, 0) is 150 Å². The van der Waals surface area contributed by atoms with E-state index in [4.69, 9.17) is 17.0 Å². The van der Waals surface area contributed by atoms with Crippen molar-refractivity contribution in [2.75, 3.05) is 40.1 Å². The molecule has 1 unspecified atom stereocenters. The van der Waals surface area contributed by atoms with Crippen LogP contribution in [0.3, 0.4) is 0 Å². The molecule has 3 saturated heterocycles. The minimum absolute atomic E-state index is 0.0112. The molecule has 0 aromatic heterocycles. The maximum absolute atomic E-state index is 14.7. The van der Waals surface area contributed by atoms with Crippen LogP contribution in [0, 0.1) is 23.1 Å². The number of nitrogens with zero attached hydrogens (tertiary/aromatic N) is 4. The minimum atomic E-state index is -4.79. The lowest BCUT2D eigenvalue weighted by Gasteiger charge is -2.43. The molecule has 3 aromatic carbocycles. The standard InChI is InChI=1S/C43H45F4N7O5S/c1-3-27-21-31(54-41(60)53(40(58)42(54)16-4-17-42)30-7-5-28(24-48)32(23-30)43(45,46)47)8-11-36(27)59-20-15-26-13-18-52(19-14-26)25(2)38(56)50-35-22-29(6-9-33(35)44)49-34-10-12-37(55)51-39(34)57/h5-9,11,21-23,25-26,34,49H,3-4,10,12-20H2,1-2H3,(H,50,56)(H,51,55,57)/t25-,34?/m1/s1. The number of imide groups is 1. The number of nitriles is 1. The number of carbonyl (C=O) groups excluding carboxylic acids is 4. The van der Waals surface area contributed by atoms with E-state index in [1.165, 1.54) is 24.3 Å². The highest BCUT2D eigenvalue weighted by atomic mass is 32.1. The molecule has 7 rings (SSSR count). The lowest BCUT2D eigenvalue weighted by molar-refractivity contribution is -0.138. The summed E-state index contributed by atoms with van der Waals surface area (Å²) in [6.45, 7) is 5.55. The molecule has 1 spiro atoms. The molecule has 0 radical (unpaired) electrons. The maximum atomic E-state index is 14.7. The number of rotatable bonds is 12. The lowest BCUT2D eigenvalue weighted by Crippen LogP contribution is -2.55. The van der Waals surface area contributed by atoms with Crippen LogP contribution in [0.15, 0.2) is 54.6 Å². The van der Waals surface area contributed by atoms with Crippen molar-refractivity contribution in [3.05, 3.63) is 77.1 Å². The Labute approximate surface area is 350 Å². The molecule has 3 aliphatic heterocycles. The Morgan fingerprint density at radius 3 is 2.43 bits per heavy atom. The second-order valence-electron chi connectivity index (χ2n) is 15.8. The number of ether oxygens (including phenoxy) is 1.